The van der Waals surface area contributed by atoms with Crippen molar-refractivity contribution in [1.82, 2.24) is 4.98 Å². The maximum Gasteiger partial charge on any atom is 0.185 e. The number of aliphatic hydroxyl groups is 1. The molecule has 104 valence electrons. The largest absolute Gasteiger partial charge is 0.391 e. The molecule has 0 saturated carbocycles. The molecule has 2 aromatic rings. The van der Waals surface area contributed by atoms with E-state index >= 15 is 0 Å². The van der Waals surface area contributed by atoms with Crippen LogP contribution in [0.15, 0.2) is 15.2 Å². The summed E-state index contributed by atoms with van der Waals surface area (Å²) in [5, 5.41) is 12.5. The van der Waals surface area contributed by atoms with E-state index in [2.05, 4.69) is 44.2 Å². The highest BCUT2D eigenvalue weighted by atomic mass is 79.9. The first kappa shape index (κ1) is 15.0. The SMILES string of the molecule is CCCc1nc(N(C)Cc2csc(Br)c2)sc1CO. The summed E-state index contributed by atoms with van der Waals surface area (Å²) in [6.07, 6.45) is 1.99. The summed E-state index contributed by atoms with van der Waals surface area (Å²) >= 11 is 6.77. The molecule has 3 nitrogen and oxygen atoms in total. The Hall–Kier alpha value is -0.430. The maximum atomic E-state index is 9.38. The van der Waals surface area contributed by atoms with Gasteiger partial charge in [-0.1, -0.05) is 24.7 Å². The van der Waals surface area contributed by atoms with Gasteiger partial charge in [-0.25, -0.2) is 4.98 Å². The number of rotatable bonds is 6. The highest BCUT2D eigenvalue weighted by molar-refractivity contribution is 9.11. The summed E-state index contributed by atoms with van der Waals surface area (Å²) in [7, 11) is 2.04. The monoisotopic (exact) mass is 360 g/mol. The van der Waals surface area contributed by atoms with Gasteiger partial charge in [0.1, 0.15) is 0 Å². The Morgan fingerprint density at radius 3 is 2.84 bits per heavy atom. The molecule has 0 amide bonds. The molecule has 1 N–H and O–H groups in total. The van der Waals surface area contributed by atoms with Gasteiger partial charge in [-0.15, -0.1) is 11.3 Å². The Morgan fingerprint density at radius 1 is 1.47 bits per heavy atom. The smallest absolute Gasteiger partial charge is 0.185 e. The second kappa shape index (κ2) is 6.83. The average Bonchev–Trinajstić information content (AvgIpc) is 2.96. The van der Waals surface area contributed by atoms with Crippen LogP contribution in [0, 0.1) is 0 Å². The Labute approximate surface area is 130 Å². The third kappa shape index (κ3) is 3.78. The highest BCUT2D eigenvalue weighted by Crippen LogP contribution is 2.29. The lowest BCUT2D eigenvalue weighted by Gasteiger charge is -2.14. The molecular weight excluding hydrogens is 344 g/mol. The number of hydrogen-bond acceptors (Lipinski definition) is 5. The van der Waals surface area contributed by atoms with Gasteiger partial charge in [0.25, 0.3) is 0 Å². The predicted octanol–water partition coefficient (Wildman–Crippen LogP) is 4.05. The first-order chi connectivity index (χ1) is 9.13. The Balaban J connectivity index is 2.12. The molecule has 6 heteroatoms. The van der Waals surface area contributed by atoms with E-state index in [1.54, 1.807) is 22.7 Å². The van der Waals surface area contributed by atoms with Crippen LogP contribution in [0.3, 0.4) is 0 Å². The molecule has 0 atom stereocenters. The van der Waals surface area contributed by atoms with Crippen molar-refractivity contribution < 1.29 is 5.11 Å². The number of aliphatic hydroxyl groups excluding tert-OH is 1. The number of thiazole rings is 1. The summed E-state index contributed by atoms with van der Waals surface area (Å²) in [5.41, 5.74) is 2.32. The van der Waals surface area contributed by atoms with Crippen LogP contribution in [-0.4, -0.2) is 17.1 Å². The summed E-state index contributed by atoms with van der Waals surface area (Å²) in [6.45, 7) is 3.06. The van der Waals surface area contributed by atoms with E-state index < -0.39 is 0 Å². The number of anilines is 1. The fraction of sp³-hybridized carbons (Fsp3) is 0.462. The fourth-order valence-corrected chi connectivity index (χ4v) is 3.99. The third-order valence-electron chi connectivity index (χ3n) is 2.77. The van der Waals surface area contributed by atoms with Gasteiger partial charge in [-0.3, -0.25) is 0 Å². The van der Waals surface area contributed by atoms with E-state index in [4.69, 9.17) is 0 Å². The van der Waals surface area contributed by atoms with Crippen LogP contribution >= 0.6 is 38.6 Å². The van der Waals surface area contributed by atoms with Crippen LogP contribution in [-0.2, 0) is 19.6 Å². The molecule has 19 heavy (non-hydrogen) atoms. The van der Waals surface area contributed by atoms with Gasteiger partial charge >= 0.3 is 0 Å². The van der Waals surface area contributed by atoms with E-state index in [1.165, 1.54) is 5.56 Å². The summed E-state index contributed by atoms with van der Waals surface area (Å²) in [4.78, 5) is 7.78. The quantitative estimate of drug-likeness (QED) is 0.843. The first-order valence-electron chi connectivity index (χ1n) is 6.17. The van der Waals surface area contributed by atoms with Gasteiger partial charge in [-0.05, 0) is 39.4 Å². The van der Waals surface area contributed by atoms with E-state index in [9.17, 15) is 5.11 Å². The minimum absolute atomic E-state index is 0.0881. The Morgan fingerprint density at radius 2 is 2.26 bits per heavy atom. The van der Waals surface area contributed by atoms with Crippen molar-refractivity contribution in [3.8, 4) is 0 Å². The zero-order chi connectivity index (χ0) is 13.8. The Kier molecular flexibility index (Phi) is 5.38. The Bertz CT molecular complexity index is 538. The summed E-state index contributed by atoms with van der Waals surface area (Å²) < 4.78 is 1.15. The second-order valence-corrected chi connectivity index (χ2v) is 7.74. The molecule has 0 aliphatic carbocycles. The minimum Gasteiger partial charge on any atom is -0.391 e. The number of hydrogen-bond donors (Lipinski definition) is 1. The molecular formula is C13H17BrN2OS2. The molecule has 0 aliphatic rings. The van der Waals surface area contributed by atoms with E-state index in [0.29, 0.717) is 0 Å². The van der Waals surface area contributed by atoms with E-state index in [0.717, 1.165) is 38.9 Å². The molecule has 0 aliphatic heterocycles. The molecule has 0 unspecified atom stereocenters. The first-order valence-corrected chi connectivity index (χ1v) is 8.66. The van der Waals surface area contributed by atoms with Crippen LogP contribution in [0.25, 0.3) is 0 Å². The van der Waals surface area contributed by atoms with Crippen LogP contribution < -0.4 is 4.90 Å². The standard InChI is InChI=1S/C13H17BrN2OS2/c1-3-4-10-11(7-17)19-13(15-10)16(2)6-9-5-12(14)18-8-9/h5,8,17H,3-4,6-7H2,1-2H3. The molecule has 0 bridgehead atoms. The van der Waals surface area contributed by atoms with Gasteiger partial charge in [0.15, 0.2) is 5.13 Å². The average molecular weight is 361 g/mol. The lowest BCUT2D eigenvalue weighted by Crippen LogP contribution is -2.15. The van der Waals surface area contributed by atoms with Crippen LogP contribution in [0.4, 0.5) is 5.13 Å². The van der Waals surface area contributed by atoms with Gasteiger partial charge in [0, 0.05) is 13.6 Å². The molecule has 0 saturated heterocycles. The maximum absolute atomic E-state index is 9.38. The number of thiophene rings is 1. The van der Waals surface area contributed by atoms with Crippen LogP contribution in [0.1, 0.15) is 29.5 Å². The number of aryl methyl sites for hydroxylation is 1. The van der Waals surface area contributed by atoms with Gasteiger partial charge in [0.2, 0.25) is 0 Å². The number of nitrogens with zero attached hydrogens (tertiary/aromatic N) is 2. The van der Waals surface area contributed by atoms with Crippen molar-refractivity contribution >= 4 is 43.7 Å². The summed E-state index contributed by atoms with van der Waals surface area (Å²) in [5.74, 6) is 0. The topological polar surface area (TPSA) is 36.4 Å². The van der Waals surface area contributed by atoms with Crippen molar-refractivity contribution in [2.45, 2.75) is 32.9 Å². The zero-order valence-corrected chi connectivity index (χ0v) is 14.2. The molecule has 2 rings (SSSR count). The zero-order valence-electron chi connectivity index (χ0n) is 11.0. The highest BCUT2D eigenvalue weighted by Gasteiger charge is 2.13. The molecule has 2 heterocycles. The van der Waals surface area contributed by atoms with Crippen LogP contribution in [0.5, 0.6) is 0 Å². The van der Waals surface area contributed by atoms with Gasteiger partial charge in [0.05, 0.1) is 21.0 Å². The molecule has 2 aromatic heterocycles. The van der Waals surface area contributed by atoms with Crippen molar-refractivity contribution in [2.24, 2.45) is 0 Å². The normalized spacial score (nSPS) is 10.9. The van der Waals surface area contributed by atoms with Crippen LogP contribution in [0.2, 0.25) is 0 Å². The summed E-state index contributed by atoms with van der Waals surface area (Å²) in [6, 6.07) is 2.13. The minimum atomic E-state index is 0.0881. The number of aromatic nitrogens is 1. The van der Waals surface area contributed by atoms with E-state index in [1.807, 2.05) is 7.05 Å². The molecule has 0 radical (unpaired) electrons. The van der Waals surface area contributed by atoms with Crippen molar-refractivity contribution in [2.75, 3.05) is 11.9 Å². The lowest BCUT2D eigenvalue weighted by atomic mass is 10.2. The predicted molar refractivity (Wildman–Crippen MR) is 86.2 cm³/mol. The lowest BCUT2D eigenvalue weighted by molar-refractivity contribution is 0.284. The third-order valence-corrected chi connectivity index (χ3v) is 5.52. The van der Waals surface area contributed by atoms with Crippen molar-refractivity contribution in [3.63, 3.8) is 0 Å². The molecule has 0 aromatic carbocycles. The second-order valence-electron chi connectivity index (χ2n) is 4.39. The van der Waals surface area contributed by atoms with Crippen molar-refractivity contribution in [1.29, 1.82) is 0 Å². The molecule has 0 spiro atoms. The van der Waals surface area contributed by atoms with E-state index in [-0.39, 0.29) is 6.61 Å². The van der Waals surface area contributed by atoms with Crippen molar-refractivity contribution in [3.05, 3.63) is 31.4 Å². The molecule has 0 fully saturated rings. The number of halogens is 1. The van der Waals surface area contributed by atoms with Gasteiger partial charge in [-0.2, -0.15) is 0 Å². The van der Waals surface area contributed by atoms with Gasteiger partial charge < -0.3 is 10.0 Å². The fourth-order valence-electron chi connectivity index (χ4n) is 1.86.